The second kappa shape index (κ2) is 6.73. The number of hydrogen-bond donors (Lipinski definition) is 1. The molecule has 0 bridgehead atoms. The first-order valence-electron chi connectivity index (χ1n) is 7.82. The third-order valence-corrected chi connectivity index (χ3v) is 7.04. The highest BCUT2D eigenvalue weighted by atomic mass is 32.2. The second-order valence-electron chi connectivity index (χ2n) is 6.38. The summed E-state index contributed by atoms with van der Waals surface area (Å²) in [6, 6.07) is -0.115. The maximum atomic E-state index is 12.8. The molecule has 0 spiro atoms. The first-order valence-corrected chi connectivity index (χ1v) is 9.22. The van der Waals surface area contributed by atoms with Crippen LogP contribution in [0.5, 0.6) is 0 Å². The van der Waals surface area contributed by atoms with Crippen molar-refractivity contribution in [1.29, 1.82) is 0 Å². The van der Waals surface area contributed by atoms with E-state index >= 15 is 0 Å². The molecule has 1 N–H and O–H groups in total. The number of nitrogens with zero attached hydrogens (tertiary/aromatic N) is 2. The summed E-state index contributed by atoms with van der Waals surface area (Å²) in [4.78, 5) is 0. The van der Waals surface area contributed by atoms with Crippen LogP contribution in [0.3, 0.4) is 0 Å². The Morgan fingerprint density at radius 2 is 1.80 bits per heavy atom. The summed E-state index contributed by atoms with van der Waals surface area (Å²) in [7, 11) is -1.73. The van der Waals surface area contributed by atoms with E-state index in [9.17, 15) is 13.5 Å². The van der Waals surface area contributed by atoms with Crippen molar-refractivity contribution in [1.82, 2.24) is 8.61 Å². The minimum atomic E-state index is -3.43. The average molecular weight is 304 g/mol. The van der Waals surface area contributed by atoms with Crippen LogP contribution in [-0.2, 0) is 10.2 Å². The van der Waals surface area contributed by atoms with E-state index in [-0.39, 0.29) is 18.7 Å². The van der Waals surface area contributed by atoms with Gasteiger partial charge in [0.25, 0.3) is 10.2 Å². The molecule has 0 aromatic heterocycles. The molecule has 1 aliphatic carbocycles. The summed E-state index contributed by atoms with van der Waals surface area (Å²) in [5.74, 6) is 0.711. The van der Waals surface area contributed by atoms with E-state index in [4.69, 9.17) is 0 Å². The van der Waals surface area contributed by atoms with Crippen LogP contribution in [0.4, 0.5) is 0 Å². The highest BCUT2D eigenvalue weighted by Crippen LogP contribution is 2.30. The van der Waals surface area contributed by atoms with Gasteiger partial charge in [0.15, 0.2) is 0 Å². The minimum Gasteiger partial charge on any atom is -0.395 e. The predicted molar refractivity (Wildman–Crippen MR) is 79.5 cm³/mol. The first kappa shape index (κ1) is 16.2. The Kier molecular flexibility index (Phi) is 5.45. The van der Waals surface area contributed by atoms with Gasteiger partial charge in [-0.2, -0.15) is 17.0 Å². The van der Waals surface area contributed by atoms with Gasteiger partial charge in [0.05, 0.1) is 6.61 Å². The molecule has 5 nitrogen and oxygen atoms in total. The standard InChI is InChI=1S/C14H28N2O3S/c1-12-6-8-13(9-7-12)15(2)20(18,19)16-10-4-3-5-14(16)11-17/h12-14,17H,3-11H2,1-2H3. The van der Waals surface area contributed by atoms with Gasteiger partial charge in [0.2, 0.25) is 0 Å². The van der Waals surface area contributed by atoms with Crippen LogP contribution in [0.15, 0.2) is 0 Å². The van der Waals surface area contributed by atoms with E-state index in [1.165, 1.54) is 4.31 Å². The lowest BCUT2D eigenvalue weighted by atomic mass is 9.87. The zero-order valence-electron chi connectivity index (χ0n) is 12.7. The van der Waals surface area contributed by atoms with Crippen LogP contribution in [-0.4, -0.2) is 54.4 Å². The van der Waals surface area contributed by atoms with Gasteiger partial charge < -0.3 is 5.11 Å². The summed E-state index contributed by atoms with van der Waals surface area (Å²) in [5, 5.41) is 9.43. The second-order valence-corrected chi connectivity index (χ2v) is 8.32. The molecule has 0 radical (unpaired) electrons. The van der Waals surface area contributed by atoms with Crippen LogP contribution in [0.25, 0.3) is 0 Å². The molecule has 1 unspecified atom stereocenters. The van der Waals surface area contributed by atoms with Crippen LogP contribution < -0.4 is 0 Å². The van der Waals surface area contributed by atoms with Crippen molar-refractivity contribution in [3.05, 3.63) is 0 Å². The largest absolute Gasteiger partial charge is 0.395 e. The molecule has 20 heavy (non-hydrogen) atoms. The molecule has 2 aliphatic rings. The van der Waals surface area contributed by atoms with E-state index in [1.807, 2.05) is 0 Å². The van der Waals surface area contributed by atoms with Crippen molar-refractivity contribution in [3.8, 4) is 0 Å². The van der Waals surface area contributed by atoms with Gasteiger partial charge in [-0.05, 0) is 44.4 Å². The molecule has 6 heteroatoms. The van der Waals surface area contributed by atoms with E-state index in [1.54, 1.807) is 11.4 Å². The van der Waals surface area contributed by atoms with Crippen LogP contribution in [0.1, 0.15) is 51.9 Å². The van der Waals surface area contributed by atoms with Gasteiger partial charge in [0.1, 0.15) is 0 Å². The van der Waals surface area contributed by atoms with Crippen molar-refractivity contribution < 1.29 is 13.5 Å². The normalized spacial score (nSPS) is 33.5. The van der Waals surface area contributed by atoms with Crippen molar-refractivity contribution in [2.75, 3.05) is 20.2 Å². The average Bonchev–Trinajstić information content (AvgIpc) is 2.47. The van der Waals surface area contributed by atoms with Gasteiger partial charge >= 0.3 is 0 Å². The lowest BCUT2D eigenvalue weighted by Crippen LogP contribution is -2.53. The third-order valence-electron chi connectivity index (χ3n) is 4.94. The SMILES string of the molecule is CC1CCC(N(C)S(=O)(=O)N2CCCCC2CO)CC1. The number of aliphatic hydroxyl groups is 1. The molecule has 1 aliphatic heterocycles. The first-order chi connectivity index (χ1) is 9.46. The molecule has 2 fully saturated rings. The van der Waals surface area contributed by atoms with E-state index in [0.717, 1.165) is 44.9 Å². The summed E-state index contributed by atoms with van der Waals surface area (Å²) < 4.78 is 28.6. The Labute approximate surface area is 123 Å². The smallest absolute Gasteiger partial charge is 0.282 e. The van der Waals surface area contributed by atoms with Gasteiger partial charge in [-0.25, -0.2) is 0 Å². The highest BCUT2D eigenvalue weighted by molar-refractivity contribution is 7.86. The fourth-order valence-electron chi connectivity index (χ4n) is 3.42. The zero-order chi connectivity index (χ0) is 14.8. The van der Waals surface area contributed by atoms with E-state index in [0.29, 0.717) is 12.5 Å². The Hall–Kier alpha value is -0.170. The monoisotopic (exact) mass is 304 g/mol. The fourth-order valence-corrected chi connectivity index (χ4v) is 5.25. The Morgan fingerprint density at radius 3 is 2.40 bits per heavy atom. The molecule has 0 aromatic carbocycles. The third kappa shape index (κ3) is 3.35. The van der Waals surface area contributed by atoms with Gasteiger partial charge in [0, 0.05) is 25.7 Å². The molecule has 0 aromatic rings. The van der Waals surface area contributed by atoms with Crippen molar-refractivity contribution >= 4 is 10.2 Å². The summed E-state index contributed by atoms with van der Waals surface area (Å²) >= 11 is 0. The predicted octanol–water partition coefficient (Wildman–Crippen LogP) is 1.59. The van der Waals surface area contributed by atoms with Crippen LogP contribution in [0, 0.1) is 5.92 Å². The van der Waals surface area contributed by atoms with Crippen molar-refractivity contribution in [2.45, 2.75) is 64.0 Å². The number of rotatable bonds is 4. The number of aliphatic hydroxyl groups excluding tert-OH is 1. The zero-order valence-corrected chi connectivity index (χ0v) is 13.5. The van der Waals surface area contributed by atoms with Crippen molar-refractivity contribution in [3.63, 3.8) is 0 Å². The molecular weight excluding hydrogens is 276 g/mol. The quantitative estimate of drug-likeness (QED) is 0.858. The molecule has 1 atom stereocenters. The number of piperidine rings is 1. The maximum absolute atomic E-state index is 12.8. The van der Waals surface area contributed by atoms with Gasteiger partial charge in [-0.3, -0.25) is 0 Å². The minimum absolute atomic E-state index is 0.0746. The molecule has 118 valence electrons. The van der Waals surface area contributed by atoms with E-state index in [2.05, 4.69) is 6.92 Å². The Bertz CT molecular complexity index is 405. The summed E-state index contributed by atoms with van der Waals surface area (Å²) in [6.45, 7) is 2.70. The summed E-state index contributed by atoms with van der Waals surface area (Å²) in [5.41, 5.74) is 0. The van der Waals surface area contributed by atoms with E-state index < -0.39 is 10.2 Å². The number of hydrogen-bond acceptors (Lipinski definition) is 3. The highest BCUT2D eigenvalue weighted by Gasteiger charge is 2.38. The van der Waals surface area contributed by atoms with Gasteiger partial charge in [-0.15, -0.1) is 0 Å². The fraction of sp³-hybridized carbons (Fsp3) is 1.00. The topological polar surface area (TPSA) is 60.9 Å². The Balaban J connectivity index is 2.08. The molecule has 1 saturated heterocycles. The Morgan fingerprint density at radius 1 is 1.15 bits per heavy atom. The lowest BCUT2D eigenvalue weighted by Gasteiger charge is -2.40. The molecule has 0 amide bonds. The molecular formula is C14H28N2O3S. The molecule has 2 rings (SSSR count). The summed E-state index contributed by atoms with van der Waals surface area (Å²) in [6.07, 6.45) is 6.78. The van der Waals surface area contributed by atoms with Crippen molar-refractivity contribution in [2.24, 2.45) is 5.92 Å². The lowest BCUT2D eigenvalue weighted by molar-refractivity contribution is 0.142. The maximum Gasteiger partial charge on any atom is 0.282 e. The van der Waals surface area contributed by atoms with Crippen LogP contribution in [0.2, 0.25) is 0 Å². The van der Waals surface area contributed by atoms with Gasteiger partial charge in [-0.1, -0.05) is 13.3 Å². The molecule has 1 heterocycles. The van der Waals surface area contributed by atoms with Crippen LogP contribution >= 0.6 is 0 Å². The molecule has 1 saturated carbocycles.